The second kappa shape index (κ2) is 5.13. The lowest BCUT2D eigenvalue weighted by molar-refractivity contribution is 0.329. The molecule has 0 fully saturated rings. The molecule has 0 aliphatic carbocycles. The minimum atomic E-state index is -3.82. The maximum atomic E-state index is 12.6. The number of aromatic nitrogens is 1. The quantitative estimate of drug-likeness (QED) is 0.787. The Hall–Kier alpha value is -2.28. The highest BCUT2D eigenvalue weighted by Gasteiger charge is 2.27. The van der Waals surface area contributed by atoms with Crippen LogP contribution >= 0.6 is 0 Å². The van der Waals surface area contributed by atoms with Crippen LogP contribution in [-0.2, 0) is 15.4 Å². The SMILES string of the molecule is Cc1c(NS(=O)(=O)c2coc3ccccc23)noc1C(C)(C)C. The Labute approximate surface area is 134 Å². The van der Waals surface area contributed by atoms with E-state index in [0.29, 0.717) is 22.3 Å². The van der Waals surface area contributed by atoms with Crippen molar-refractivity contribution in [3.8, 4) is 0 Å². The first-order valence-corrected chi connectivity index (χ1v) is 8.64. The number of anilines is 1. The molecule has 0 radical (unpaired) electrons. The van der Waals surface area contributed by atoms with E-state index < -0.39 is 10.0 Å². The van der Waals surface area contributed by atoms with Gasteiger partial charge in [-0.25, -0.2) is 8.42 Å². The number of fused-ring (bicyclic) bond motifs is 1. The van der Waals surface area contributed by atoms with Crippen molar-refractivity contribution in [3.63, 3.8) is 0 Å². The van der Waals surface area contributed by atoms with Gasteiger partial charge in [-0.3, -0.25) is 4.72 Å². The van der Waals surface area contributed by atoms with Gasteiger partial charge in [0.05, 0.1) is 0 Å². The molecule has 0 saturated carbocycles. The van der Waals surface area contributed by atoms with E-state index in [-0.39, 0.29) is 16.1 Å². The summed E-state index contributed by atoms with van der Waals surface area (Å²) in [6.45, 7) is 7.70. The molecular formula is C16H18N2O4S. The first-order chi connectivity index (χ1) is 10.7. The van der Waals surface area contributed by atoms with Crippen LogP contribution in [0.5, 0.6) is 0 Å². The molecule has 6 nitrogen and oxygen atoms in total. The summed E-state index contributed by atoms with van der Waals surface area (Å²) in [6.07, 6.45) is 1.23. The molecule has 0 atom stereocenters. The lowest BCUT2D eigenvalue weighted by Crippen LogP contribution is -2.15. The number of hydrogen-bond donors (Lipinski definition) is 1. The van der Waals surface area contributed by atoms with Crippen LogP contribution in [0.3, 0.4) is 0 Å². The Balaban J connectivity index is 2.01. The van der Waals surface area contributed by atoms with Gasteiger partial charge in [0.2, 0.25) is 0 Å². The van der Waals surface area contributed by atoms with Gasteiger partial charge in [-0.1, -0.05) is 38.1 Å². The van der Waals surface area contributed by atoms with E-state index in [4.69, 9.17) is 8.94 Å². The van der Waals surface area contributed by atoms with Crippen LogP contribution in [0.15, 0.2) is 44.4 Å². The second-order valence-electron chi connectivity index (χ2n) is 6.44. The minimum absolute atomic E-state index is 0.0767. The fourth-order valence-electron chi connectivity index (χ4n) is 2.47. The van der Waals surface area contributed by atoms with Gasteiger partial charge < -0.3 is 8.94 Å². The molecule has 23 heavy (non-hydrogen) atoms. The number of benzene rings is 1. The molecule has 1 N–H and O–H groups in total. The summed E-state index contributed by atoms with van der Waals surface area (Å²) in [7, 11) is -3.82. The predicted molar refractivity (Wildman–Crippen MR) is 87.0 cm³/mol. The van der Waals surface area contributed by atoms with E-state index in [1.807, 2.05) is 20.8 Å². The Morgan fingerprint density at radius 2 is 1.87 bits per heavy atom. The molecule has 0 amide bonds. The van der Waals surface area contributed by atoms with E-state index >= 15 is 0 Å². The normalized spacial score (nSPS) is 12.7. The van der Waals surface area contributed by atoms with Crippen LogP contribution in [0.4, 0.5) is 5.82 Å². The highest BCUT2D eigenvalue weighted by molar-refractivity contribution is 7.93. The second-order valence-corrected chi connectivity index (χ2v) is 8.09. The summed E-state index contributed by atoms with van der Waals surface area (Å²) < 4.78 is 38.4. The van der Waals surface area contributed by atoms with Gasteiger partial charge in [-0.15, -0.1) is 0 Å². The average Bonchev–Trinajstić information content (AvgIpc) is 3.03. The van der Waals surface area contributed by atoms with Gasteiger partial charge in [0.1, 0.15) is 22.5 Å². The third-order valence-electron chi connectivity index (χ3n) is 3.57. The highest BCUT2D eigenvalue weighted by Crippen LogP contribution is 2.32. The lowest BCUT2D eigenvalue weighted by Gasteiger charge is -2.14. The highest BCUT2D eigenvalue weighted by atomic mass is 32.2. The molecule has 3 rings (SSSR count). The van der Waals surface area contributed by atoms with Gasteiger partial charge in [0.25, 0.3) is 10.0 Å². The molecule has 0 bridgehead atoms. The summed E-state index contributed by atoms with van der Waals surface area (Å²) >= 11 is 0. The number of rotatable bonds is 3. The van der Waals surface area contributed by atoms with Crippen molar-refractivity contribution in [3.05, 3.63) is 41.9 Å². The van der Waals surface area contributed by atoms with Crippen LogP contribution in [0, 0.1) is 6.92 Å². The maximum Gasteiger partial charge on any atom is 0.266 e. The van der Waals surface area contributed by atoms with Crippen LogP contribution in [-0.4, -0.2) is 13.6 Å². The van der Waals surface area contributed by atoms with Crippen LogP contribution in [0.2, 0.25) is 0 Å². The average molecular weight is 334 g/mol. The Morgan fingerprint density at radius 1 is 1.17 bits per heavy atom. The number of sulfonamides is 1. The van der Waals surface area contributed by atoms with E-state index in [1.165, 1.54) is 6.26 Å². The van der Waals surface area contributed by atoms with E-state index in [2.05, 4.69) is 9.88 Å². The largest absolute Gasteiger partial charge is 0.463 e. The molecule has 0 spiro atoms. The standard InChI is InChI=1S/C16H18N2O4S/c1-10-14(16(2,3)4)22-17-15(10)18-23(19,20)13-9-21-12-8-6-5-7-11(12)13/h5-9H,1-4H3,(H,17,18). The summed E-state index contributed by atoms with van der Waals surface area (Å²) in [5.41, 5.74) is 0.928. The fourth-order valence-corrected chi connectivity index (χ4v) is 3.66. The molecule has 2 aromatic heterocycles. The molecule has 0 aliphatic rings. The van der Waals surface area contributed by atoms with Gasteiger partial charge in [-0.2, -0.15) is 0 Å². The van der Waals surface area contributed by atoms with Crippen molar-refractivity contribution >= 4 is 26.8 Å². The van der Waals surface area contributed by atoms with Crippen molar-refractivity contribution in [1.29, 1.82) is 0 Å². The predicted octanol–water partition coefficient (Wildman–Crippen LogP) is 3.83. The topological polar surface area (TPSA) is 85.3 Å². The molecular weight excluding hydrogens is 316 g/mol. The fraction of sp³-hybridized carbons (Fsp3) is 0.312. The summed E-state index contributed by atoms with van der Waals surface area (Å²) in [5, 5.41) is 4.39. The van der Waals surface area contributed by atoms with Crippen LogP contribution in [0.25, 0.3) is 11.0 Å². The summed E-state index contributed by atoms with van der Waals surface area (Å²) in [6, 6.07) is 6.96. The molecule has 3 aromatic rings. The molecule has 0 aliphatic heterocycles. The van der Waals surface area contributed by atoms with Gasteiger partial charge in [0.15, 0.2) is 5.82 Å². The third kappa shape index (κ3) is 2.72. The minimum Gasteiger partial charge on any atom is -0.463 e. The van der Waals surface area contributed by atoms with Crippen molar-refractivity contribution in [2.45, 2.75) is 38.0 Å². The van der Waals surface area contributed by atoms with Crippen LogP contribution < -0.4 is 4.72 Å². The molecule has 0 unspecified atom stereocenters. The number of para-hydroxylation sites is 1. The van der Waals surface area contributed by atoms with Crippen molar-refractivity contribution in [2.75, 3.05) is 4.72 Å². The van der Waals surface area contributed by atoms with Crippen molar-refractivity contribution in [2.24, 2.45) is 0 Å². The first-order valence-electron chi connectivity index (χ1n) is 7.16. The summed E-state index contributed by atoms with van der Waals surface area (Å²) in [5.74, 6) is 0.840. The molecule has 122 valence electrons. The zero-order valence-corrected chi connectivity index (χ0v) is 14.2. The Kier molecular flexibility index (Phi) is 3.48. The molecule has 2 heterocycles. The first kappa shape index (κ1) is 15.6. The number of nitrogens with zero attached hydrogens (tertiary/aromatic N) is 1. The van der Waals surface area contributed by atoms with Crippen LogP contribution in [0.1, 0.15) is 32.1 Å². The number of furan rings is 1. The van der Waals surface area contributed by atoms with Crippen molar-refractivity contribution < 1.29 is 17.4 Å². The van der Waals surface area contributed by atoms with E-state index in [0.717, 1.165) is 0 Å². The number of hydrogen-bond acceptors (Lipinski definition) is 5. The summed E-state index contributed by atoms with van der Waals surface area (Å²) in [4.78, 5) is 0.0767. The Morgan fingerprint density at radius 3 is 2.52 bits per heavy atom. The van der Waals surface area contributed by atoms with Gasteiger partial charge >= 0.3 is 0 Å². The Bertz CT molecular complexity index is 962. The van der Waals surface area contributed by atoms with Gasteiger partial charge in [-0.05, 0) is 19.1 Å². The third-order valence-corrected chi connectivity index (χ3v) is 4.93. The van der Waals surface area contributed by atoms with E-state index in [9.17, 15) is 8.42 Å². The zero-order chi connectivity index (χ0) is 16.8. The molecule has 0 saturated heterocycles. The van der Waals surface area contributed by atoms with Crippen molar-refractivity contribution in [1.82, 2.24) is 5.16 Å². The smallest absolute Gasteiger partial charge is 0.266 e. The van der Waals surface area contributed by atoms with Gasteiger partial charge in [0, 0.05) is 16.4 Å². The van der Waals surface area contributed by atoms with E-state index in [1.54, 1.807) is 31.2 Å². The maximum absolute atomic E-state index is 12.6. The lowest BCUT2D eigenvalue weighted by atomic mass is 9.91. The molecule has 1 aromatic carbocycles. The molecule has 7 heteroatoms. The monoisotopic (exact) mass is 334 g/mol. The number of nitrogens with one attached hydrogen (secondary N) is 1. The zero-order valence-electron chi connectivity index (χ0n) is 13.4.